The SMILES string of the molecule is NCc1ccnc(N(Cc2ccco2)C2CC2)c1Cl. The van der Waals surface area contributed by atoms with E-state index in [9.17, 15) is 0 Å². The van der Waals surface area contributed by atoms with Crippen LogP contribution >= 0.6 is 11.6 Å². The molecule has 2 aromatic heterocycles. The number of rotatable bonds is 5. The first-order valence-electron chi connectivity index (χ1n) is 6.42. The second-order valence-corrected chi connectivity index (χ2v) is 5.13. The Morgan fingerprint density at radius 1 is 1.42 bits per heavy atom. The fraction of sp³-hybridized carbons (Fsp3) is 0.357. The van der Waals surface area contributed by atoms with Crippen LogP contribution in [-0.4, -0.2) is 11.0 Å². The highest BCUT2D eigenvalue weighted by Gasteiger charge is 2.32. The summed E-state index contributed by atoms with van der Waals surface area (Å²) >= 11 is 6.40. The molecular formula is C14H16ClN3O. The molecule has 1 aliphatic carbocycles. The van der Waals surface area contributed by atoms with Gasteiger partial charge in [-0.25, -0.2) is 4.98 Å². The average molecular weight is 278 g/mol. The monoisotopic (exact) mass is 277 g/mol. The van der Waals surface area contributed by atoms with Gasteiger partial charge in [-0.1, -0.05) is 11.6 Å². The van der Waals surface area contributed by atoms with Gasteiger partial charge in [-0.05, 0) is 36.6 Å². The van der Waals surface area contributed by atoms with Gasteiger partial charge in [0.25, 0.3) is 0 Å². The molecule has 1 saturated carbocycles. The molecule has 0 amide bonds. The Morgan fingerprint density at radius 3 is 2.89 bits per heavy atom. The van der Waals surface area contributed by atoms with Crippen molar-refractivity contribution in [2.24, 2.45) is 5.73 Å². The van der Waals surface area contributed by atoms with Crippen molar-refractivity contribution >= 4 is 17.4 Å². The van der Waals surface area contributed by atoms with E-state index in [1.54, 1.807) is 12.5 Å². The lowest BCUT2D eigenvalue weighted by Crippen LogP contribution is -2.26. The number of nitrogens with zero attached hydrogens (tertiary/aromatic N) is 2. The summed E-state index contributed by atoms with van der Waals surface area (Å²) in [6.07, 6.45) is 5.80. The third-order valence-electron chi connectivity index (χ3n) is 3.34. The zero-order chi connectivity index (χ0) is 13.2. The minimum Gasteiger partial charge on any atom is -0.467 e. The smallest absolute Gasteiger partial charge is 0.148 e. The van der Waals surface area contributed by atoms with Crippen molar-refractivity contribution in [1.29, 1.82) is 0 Å². The summed E-state index contributed by atoms with van der Waals surface area (Å²) in [7, 11) is 0. The van der Waals surface area contributed by atoms with Crippen molar-refractivity contribution in [3.8, 4) is 0 Å². The molecule has 19 heavy (non-hydrogen) atoms. The standard InChI is InChI=1S/C14H16ClN3O/c15-13-10(8-16)5-6-17-14(13)18(11-3-4-11)9-12-2-1-7-19-12/h1-2,5-7,11H,3-4,8-9,16H2. The van der Waals surface area contributed by atoms with Crippen molar-refractivity contribution < 1.29 is 4.42 Å². The van der Waals surface area contributed by atoms with E-state index in [0.717, 1.165) is 17.1 Å². The fourth-order valence-corrected chi connectivity index (χ4v) is 2.46. The van der Waals surface area contributed by atoms with Crippen LogP contribution in [0.25, 0.3) is 0 Å². The lowest BCUT2D eigenvalue weighted by molar-refractivity contribution is 0.500. The van der Waals surface area contributed by atoms with Crippen LogP contribution in [0.3, 0.4) is 0 Å². The Hall–Kier alpha value is -1.52. The molecular weight excluding hydrogens is 262 g/mol. The van der Waals surface area contributed by atoms with Crippen LogP contribution in [0.4, 0.5) is 5.82 Å². The number of hydrogen-bond donors (Lipinski definition) is 1. The highest BCUT2D eigenvalue weighted by atomic mass is 35.5. The summed E-state index contributed by atoms with van der Waals surface area (Å²) < 4.78 is 5.42. The lowest BCUT2D eigenvalue weighted by Gasteiger charge is -2.24. The van der Waals surface area contributed by atoms with E-state index in [0.29, 0.717) is 24.2 Å². The summed E-state index contributed by atoms with van der Waals surface area (Å²) in [5.74, 6) is 1.73. The molecule has 4 nitrogen and oxygen atoms in total. The Kier molecular flexibility index (Phi) is 3.44. The zero-order valence-corrected chi connectivity index (χ0v) is 11.3. The normalized spacial score (nSPS) is 14.6. The summed E-state index contributed by atoms with van der Waals surface area (Å²) in [4.78, 5) is 6.63. The zero-order valence-electron chi connectivity index (χ0n) is 10.6. The summed E-state index contributed by atoms with van der Waals surface area (Å²) in [5, 5.41) is 0.656. The third kappa shape index (κ3) is 2.60. The third-order valence-corrected chi connectivity index (χ3v) is 3.75. The lowest BCUT2D eigenvalue weighted by atomic mass is 10.2. The molecule has 0 unspecified atom stereocenters. The van der Waals surface area contributed by atoms with Gasteiger partial charge in [0.05, 0.1) is 17.8 Å². The summed E-state index contributed by atoms with van der Waals surface area (Å²) in [6, 6.07) is 6.23. The first kappa shape index (κ1) is 12.5. The predicted octanol–water partition coefficient (Wildman–Crippen LogP) is 2.96. The molecule has 0 saturated heterocycles. The average Bonchev–Trinajstić information content (AvgIpc) is 3.14. The van der Waals surface area contributed by atoms with Gasteiger partial charge in [-0.15, -0.1) is 0 Å². The van der Waals surface area contributed by atoms with Gasteiger partial charge in [0, 0.05) is 18.8 Å². The van der Waals surface area contributed by atoms with Crippen molar-refractivity contribution in [2.45, 2.75) is 32.0 Å². The molecule has 100 valence electrons. The molecule has 0 spiro atoms. The van der Waals surface area contributed by atoms with Gasteiger partial charge < -0.3 is 15.1 Å². The van der Waals surface area contributed by atoms with Gasteiger partial charge in [0.2, 0.25) is 0 Å². The highest BCUT2D eigenvalue weighted by Crippen LogP contribution is 2.36. The van der Waals surface area contributed by atoms with Crippen LogP contribution in [-0.2, 0) is 13.1 Å². The molecule has 0 bridgehead atoms. The van der Waals surface area contributed by atoms with Crippen LogP contribution < -0.4 is 10.6 Å². The number of aromatic nitrogens is 1. The highest BCUT2D eigenvalue weighted by molar-refractivity contribution is 6.33. The van der Waals surface area contributed by atoms with Crippen molar-refractivity contribution in [2.75, 3.05) is 4.90 Å². The molecule has 0 atom stereocenters. The summed E-state index contributed by atoms with van der Waals surface area (Å²) in [5.41, 5.74) is 6.63. The number of anilines is 1. The quantitative estimate of drug-likeness (QED) is 0.913. The van der Waals surface area contributed by atoms with Gasteiger partial charge in [-0.3, -0.25) is 0 Å². The second-order valence-electron chi connectivity index (χ2n) is 4.75. The van der Waals surface area contributed by atoms with E-state index in [1.165, 1.54) is 12.8 Å². The molecule has 0 radical (unpaired) electrons. The Morgan fingerprint density at radius 2 is 2.26 bits per heavy atom. The van der Waals surface area contributed by atoms with Gasteiger partial charge >= 0.3 is 0 Å². The second kappa shape index (κ2) is 5.23. The predicted molar refractivity (Wildman–Crippen MR) is 75.1 cm³/mol. The Labute approximate surface area is 117 Å². The van der Waals surface area contributed by atoms with Crippen LogP contribution in [0.5, 0.6) is 0 Å². The fourth-order valence-electron chi connectivity index (χ4n) is 2.16. The largest absolute Gasteiger partial charge is 0.467 e. The van der Waals surface area contributed by atoms with E-state index in [-0.39, 0.29) is 0 Å². The molecule has 3 rings (SSSR count). The van der Waals surface area contributed by atoms with E-state index < -0.39 is 0 Å². The number of furan rings is 1. The van der Waals surface area contributed by atoms with E-state index in [4.69, 9.17) is 21.8 Å². The van der Waals surface area contributed by atoms with Crippen LogP contribution in [0.15, 0.2) is 35.1 Å². The van der Waals surface area contributed by atoms with Gasteiger partial charge in [-0.2, -0.15) is 0 Å². The maximum absolute atomic E-state index is 6.40. The van der Waals surface area contributed by atoms with Crippen molar-refractivity contribution in [3.05, 3.63) is 47.0 Å². The number of nitrogens with two attached hydrogens (primary N) is 1. The van der Waals surface area contributed by atoms with Crippen LogP contribution in [0.2, 0.25) is 5.02 Å². The first-order valence-corrected chi connectivity index (χ1v) is 6.80. The van der Waals surface area contributed by atoms with Crippen LogP contribution in [0, 0.1) is 0 Å². The van der Waals surface area contributed by atoms with Crippen LogP contribution in [0.1, 0.15) is 24.2 Å². The molecule has 0 aliphatic heterocycles. The van der Waals surface area contributed by atoms with Gasteiger partial charge in [0.15, 0.2) is 0 Å². The van der Waals surface area contributed by atoms with E-state index in [1.807, 2.05) is 18.2 Å². The molecule has 2 aromatic rings. The maximum atomic E-state index is 6.40. The minimum absolute atomic E-state index is 0.424. The first-order chi connectivity index (χ1) is 9.29. The number of halogens is 1. The van der Waals surface area contributed by atoms with Crippen molar-refractivity contribution in [1.82, 2.24) is 4.98 Å². The molecule has 2 N–H and O–H groups in total. The molecule has 5 heteroatoms. The summed E-state index contributed by atoms with van der Waals surface area (Å²) in [6.45, 7) is 1.12. The van der Waals surface area contributed by atoms with Crippen molar-refractivity contribution in [3.63, 3.8) is 0 Å². The molecule has 1 aliphatic rings. The van der Waals surface area contributed by atoms with E-state index >= 15 is 0 Å². The van der Waals surface area contributed by atoms with E-state index in [2.05, 4.69) is 9.88 Å². The number of pyridine rings is 1. The Bertz CT molecular complexity index is 552. The maximum Gasteiger partial charge on any atom is 0.148 e. The molecule has 1 fully saturated rings. The molecule has 2 heterocycles. The molecule has 0 aromatic carbocycles. The Balaban J connectivity index is 1.92. The number of hydrogen-bond acceptors (Lipinski definition) is 4. The minimum atomic E-state index is 0.424. The topological polar surface area (TPSA) is 55.3 Å². The van der Waals surface area contributed by atoms with Gasteiger partial charge in [0.1, 0.15) is 11.6 Å².